The molecule has 0 aromatic heterocycles. The Hall–Kier alpha value is -0.690. The number of piperazine rings is 1. The van der Waals surface area contributed by atoms with E-state index in [1.807, 2.05) is 4.90 Å². The molecule has 0 aromatic carbocycles. The highest BCUT2D eigenvalue weighted by atomic mass is 16.5. The first-order valence-electron chi connectivity index (χ1n) is 5.93. The first kappa shape index (κ1) is 14.4. The van der Waals surface area contributed by atoms with Crippen LogP contribution >= 0.6 is 0 Å². The van der Waals surface area contributed by atoms with Gasteiger partial charge >= 0.3 is 0 Å². The molecule has 0 radical (unpaired) electrons. The molecule has 6 nitrogen and oxygen atoms in total. The molecule has 0 spiro atoms. The fourth-order valence-corrected chi connectivity index (χ4v) is 1.90. The zero-order valence-electron chi connectivity index (χ0n) is 10.7. The Kier molecular flexibility index (Phi) is 6.43. The van der Waals surface area contributed by atoms with E-state index in [4.69, 9.17) is 15.2 Å². The van der Waals surface area contributed by atoms with E-state index in [1.54, 1.807) is 14.2 Å². The number of hydrogen-bond acceptors (Lipinski definition) is 5. The van der Waals surface area contributed by atoms with Crippen molar-refractivity contribution < 1.29 is 14.3 Å². The zero-order chi connectivity index (χ0) is 12.7. The van der Waals surface area contributed by atoms with Crippen LogP contribution in [0, 0.1) is 0 Å². The Morgan fingerprint density at radius 1 is 1.24 bits per heavy atom. The lowest BCUT2D eigenvalue weighted by Gasteiger charge is -2.35. The molecule has 1 rings (SSSR count). The van der Waals surface area contributed by atoms with E-state index < -0.39 is 6.04 Å². The first-order valence-corrected chi connectivity index (χ1v) is 5.93. The maximum atomic E-state index is 11.9. The highest BCUT2D eigenvalue weighted by Crippen LogP contribution is 2.03. The van der Waals surface area contributed by atoms with Crippen molar-refractivity contribution in [2.24, 2.45) is 5.73 Å². The van der Waals surface area contributed by atoms with Crippen LogP contribution < -0.4 is 5.73 Å². The molecule has 0 aromatic rings. The molecule has 100 valence electrons. The molecule has 1 saturated heterocycles. The quantitative estimate of drug-likeness (QED) is 0.633. The van der Waals surface area contributed by atoms with E-state index in [0.29, 0.717) is 0 Å². The van der Waals surface area contributed by atoms with Gasteiger partial charge in [-0.3, -0.25) is 9.69 Å². The Balaban J connectivity index is 2.28. The van der Waals surface area contributed by atoms with Gasteiger partial charge in [0.1, 0.15) is 6.04 Å². The number of carbonyl (C=O) groups excluding carboxylic acids is 1. The summed E-state index contributed by atoms with van der Waals surface area (Å²) in [6.07, 6.45) is 0. The minimum atomic E-state index is -0.537. The van der Waals surface area contributed by atoms with E-state index in [0.717, 1.165) is 39.3 Å². The van der Waals surface area contributed by atoms with Crippen molar-refractivity contribution in [1.29, 1.82) is 0 Å². The van der Waals surface area contributed by atoms with Crippen molar-refractivity contribution in [3.05, 3.63) is 0 Å². The Morgan fingerprint density at radius 2 is 1.88 bits per heavy atom. The number of nitrogens with two attached hydrogens (primary N) is 1. The normalized spacial score (nSPS) is 19.4. The zero-order valence-corrected chi connectivity index (χ0v) is 10.7. The second-order valence-corrected chi connectivity index (χ2v) is 4.22. The van der Waals surface area contributed by atoms with Crippen LogP contribution in [0.15, 0.2) is 0 Å². The molecule has 0 saturated carbocycles. The monoisotopic (exact) mass is 245 g/mol. The molecule has 1 heterocycles. The standard InChI is InChI=1S/C11H23N3O3/c1-16-8-7-13-3-5-14(6-4-13)11(15)10(12)9-17-2/h10H,3-9,12H2,1-2H3. The van der Waals surface area contributed by atoms with Crippen molar-refractivity contribution in [3.8, 4) is 0 Å². The van der Waals surface area contributed by atoms with Crippen molar-refractivity contribution in [2.45, 2.75) is 6.04 Å². The predicted octanol–water partition coefficient (Wildman–Crippen LogP) is -1.25. The van der Waals surface area contributed by atoms with Crippen LogP contribution in [-0.4, -0.2) is 81.9 Å². The Labute approximate surface area is 103 Å². The highest BCUT2D eigenvalue weighted by Gasteiger charge is 2.24. The van der Waals surface area contributed by atoms with E-state index in [9.17, 15) is 4.79 Å². The van der Waals surface area contributed by atoms with E-state index in [1.165, 1.54) is 0 Å². The van der Waals surface area contributed by atoms with Crippen LogP contribution in [0.2, 0.25) is 0 Å². The summed E-state index contributed by atoms with van der Waals surface area (Å²) >= 11 is 0. The summed E-state index contributed by atoms with van der Waals surface area (Å²) < 4.78 is 9.92. The van der Waals surface area contributed by atoms with Gasteiger partial charge in [-0.2, -0.15) is 0 Å². The summed E-state index contributed by atoms with van der Waals surface area (Å²) in [6, 6.07) is -0.537. The lowest BCUT2D eigenvalue weighted by atomic mass is 10.2. The van der Waals surface area contributed by atoms with Crippen molar-refractivity contribution in [1.82, 2.24) is 9.80 Å². The molecule has 0 bridgehead atoms. The summed E-state index contributed by atoms with van der Waals surface area (Å²) in [7, 11) is 3.25. The van der Waals surface area contributed by atoms with Gasteiger partial charge in [0, 0.05) is 46.9 Å². The Morgan fingerprint density at radius 3 is 2.41 bits per heavy atom. The predicted molar refractivity (Wildman–Crippen MR) is 64.7 cm³/mol. The van der Waals surface area contributed by atoms with Crippen LogP contribution in [0.4, 0.5) is 0 Å². The summed E-state index contributed by atoms with van der Waals surface area (Å²) in [4.78, 5) is 16.0. The van der Waals surface area contributed by atoms with Gasteiger partial charge in [-0.15, -0.1) is 0 Å². The number of hydrogen-bond donors (Lipinski definition) is 1. The molecular formula is C11H23N3O3. The molecule has 17 heavy (non-hydrogen) atoms. The third-order valence-electron chi connectivity index (χ3n) is 2.96. The average Bonchev–Trinajstić information content (AvgIpc) is 2.36. The third kappa shape index (κ3) is 4.59. The molecule has 0 aliphatic carbocycles. The lowest BCUT2D eigenvalue weighted by molar-refractivity contribution is -0.135. The largest absolute Gasteiger partial charge is 0.383 e. The summed E-state index contributed by atoms with van der Waals surface area (Å²) in [6.45, 7) is 5.17. The number of nitrogens with zero attached hydrogens (tertiary/aromatic N) is 2. The molecule has 1 unspecified atom stereocenters. The summed E-state index contributed by atoms with van der Waals surface area (Å²) in [5, 5.41) is 0. The highest BCUT2D eigenvalue weighted by molar-refractivity contribution is 5.81. The van der Waals surface area contributed by atoms with Crippen LogP contribution in [0.25, 0.3) is 0 Å². The van der Waals surface area contributed by atoms with Gasteiger partial charge in [-0.05, 0) is 0 Å². The molecule has 1 aliphatic heterocycles. The smallest absolute Gasteiger partial charge is 0.241 e. The second kappa shape index (κ2) is 7.60. The van der Waals surface area contributed by atoms with Gasteiger partial charge in [0.25, 0.3) is 0 Å². The van der Waals surface area contributed by atoms with Crippen LogP contribution in [-0.2, 0) is 14.3 Å². The fourth-order valence-electron chi connectivity index (χ4n) is 1.90. The molecule has 1 aliphatic rings. The van der Waals surface area contributed by atoms with Gasteiger partial charge in [-0.1, -0.05) is 0 Å². The van der Waals surface area contributed by atoms with Gasteiger partial charge in [0.15, 0.2) is 0 Å². The second-order valence-electron chi connectivity index (χ2n) is 4.22. The molecule has 1 fully saturated rings. The molecule has 1 amide bonds. The Bertz CT molecular complexity index is 230. The number of amides is 1. The van der Waals surface area contributed by atoms with Crippen LogP contribution in [0.5, 0.6) is 0 Å². The van der Waals surface area contributed by atoms with Gasteiger partial charge in [-0.25, -0.2) is 0 Å². The average molecular weight is 245 g/mol. The van der Waals surface area contributed by atoms with E-state index >= 15 is 0 Å². The lowest BCUT2D eigenvalue weighted by Crippen LogP contribution is -2.54. The summed E-state index contributed by atoms with van der Waals surface area (Å²) in [5.74, 6) is -0.0155. The number of ether oxygens (including phenoxy) is 2. The van der Waals surface area contributed by atoms with E-state index in [2.05, 4.69) is 4.90 Å². The SMILES string of the molecule is COCCN1CCN(C(=O)C(N)COC)CC1. The minimum absolute atomic E-state index is 0.0155. The number of methoxy groups -OCH3 is 2. The number of carbonyl (C=O) groups is 1. The molecule has 6 heteroatoms. The maximum Gasteiger partial charge on any atom is 0.241 e. The fraction of sp³-hybridized carbons (Fsp3) is 0.909. The van der Waals surface area contributed by atoms with Crippen LogP contribution in [0.3, 0.4) is 0 Å². The molecular weight excluding hydrogens is 222 g/mol. The van der Waals surface area contributed by atoms with Crippen molar-refractivity contribution in [3.63, 3.8) is 0 Å². The topological polar surface area (TPSA) is 68.0 Å². The van der Waals surface area contributed by atoms with Gasteiger partial charge in [0.05, 0.1) is 13.2 Å². The maximum absolute atomic E-state index is 11.9. The summed E-state index contributed by atoms with van der Waals surface area (Å²) in [5.41, 5.74) is 5.72. The third-order valence-corrected chi connectivity index (χ3v) is 2.96. The number of rotatable bonds is 6. The van der Waals surface area contributed by atoms with Crippen molar-refractivity contribution >= 4 is 5.91 Å². The van der Waals surface area contributed by atoms with Crippen LogP contribution in [0.1, 0.15) is 0 Å². The van der Waals surface area contributed by atoms with Gasteiger partial charge in [0.2, 0.25) is 5.91 Å². The minimum Gasteiger partial charge on any atom is -0.383 e. The molecule has 2 N–H and O–H groups in total. The molecule has 1 atom stereocenters. The van der Waals surface area contributed by atoms with E-state index in [-0.39, 0.29) is 12.5 Å². The first-order chi connectivity index (χ1) is 8.19. The van der Waals surface area contributed by atoms with Crippen molar-refractivity contribution in [2.75, 3.05) is 60.2 Å². The van der Waals surface area contributed by atoms with Gasteiger partial charge < -0.3 is 20.1 Å².